The first-order valence-electron chi connectivity index (χ1n) is 11.8. The van der Waals surface area contributed by atoms with Crippen molar-refractivity contribution in [2.24, 2.45) is 0 Å². The van der Waals surface area contributed by atoms with Crippen LogP contribution >= 0.6 is 0 Å². The zero-order valence-corrected chi connectivity index (χ0v) is 19.9. The molecule has 0 atom stereocenters. The second kappa shape index (κ2) is 9.60. The van der Waals surface area contributed by atoms with Crippen LogP contribution in [0.3, 0.4) is 0 Å². The Balaban J connectivity index is 1.54. The molecule has 0 saturated carbocycles. The summed E-state index contributed by atoms with van der Waals surface area (Å²) in [5.41, 5.74) is 5.51. The van der Waals surface area contributed by atoms with Crippen molar-refractivity contribution in [1.29, 1.82) is 10.5 Å². The Hall–Kier alpha value is -5.94. The van der Waals surface area contributed by atoms with E-state index >= 15 is 0 Å². The minimum absolute atomic E-state index is 0.507. The van der Waals surface area contributed by atoms with Gasteiger partial charge in [-0.3, -0.25) is 0 Å². The maximum Gasteiger partial charge on any atom is 0.187 e. The Morgan fingerprint density at radius 3 is 1.18 bits per heavy atom. The molecule has 0 radical (unpaired) electrons. The first-order valence-corrected chi connectivity index (χ1v) is 11.8. The summed E-state index contributed by atoms with van der Waals surface area (Å²) in [6.45, 7) is 0. The summed E-state index contributed by atoms with van der Waals surface area (Å²) in [4.78, 5) is 0. The Labute approximate surface area is 219 Å². The van der Waals surface area contributed by atoms with Crippen LogP contribution in [0.25, 0.3) is 33.5 Å². The largest absolute Gasteiger partial charge is 0.451 e. The minimum Gasteiger partial charge on any atom is -0.451 e. The first kappa shape index (κ1) is 22.5. The van der Waals surface area contributed by atoms with Gasteiger partial charge in [0, 0.05) is 21.9 Å². The molecule has 0 amide bonds. The minimum atomic E-state index is 0.507. The van der Waals surface area contributed by atoms with Gasteiger partial charge in [0.15, 0.2) is 11.5 Å². The van der Waals surface area contributed by atoms with Crippen LogP contribution in [0.4, 0.5) is 0 Å². The zero-order valence-electron chi connectivity index (χ0n) is 19.9. The van der Waals surface area contributed by atoms with Gasteiger partial charge < -0.3 is 8.83 Å². The van der Waals surface area contributed by atoms with Gasteiger partial charge in [0.1, 0.15) is 11.2 Å². The van der Waals surface area contributed by atoms with Gasteiger partial charge in [0.2, 0.25) is 0 Å². The molecular weight excluding hydrogens is 468 g/mol. The monoisotopic (exact) mass is 484 g/mol. The Kier molecular flexibility index (Phi) is 5.69. The van der Waals surface area contributed by atoms with Gasteiger partial charge in [-0.05, 0) is 72.8 Å². The molecular formula is C34H16N2O2. The van der Waals surface area contributed by atoms with Crippen molar-refractivity contribution < 1.29 is 8.83 Å². The van der Waals surface area contributed by atoms with E-state index in [1.165, 1.54) is 0 Å². The maximum atomic E-state index is 9.08. The third kappa shape index (κ3) is 4.17. The average Bonchev–Trinajstić information content (AvgIpc) is 3.53. The fourth-order valence-electron chi connectivity index (χ4n) is 4.18. The summed E-state index contributed by atoms with van der Waals surface area (Å²) >= 11 is 0. The van der Waals surface area contributed by atoms with Crippen molar-refractivity contribution >= 4 is 21.9 Å². The molecule has 0 aliphatic carbocycles. The van der Waals surface area contributed by atoms with E-state index in [9.17, 15) is 0 Å². The highest BCUT2D eigenvalue weighted by molar-refractivity contribution is 5.96. The van der Waals surface area contributed by atoms with Crippen LogP contribution in [0, 0.1) is 46.3 Å². The van der Waals surface area contributed by atoms with E-state index < -0.39 is 0 Å². The summed E-state index contributed by atoms with van der Waals surface area (Å²) in [6.07, 6.45) is 0. The van der Waals surface area contributed by atoms with Crippen molar-refractivity contribution in [1.82, 2.24) is 0 Å². The molecule has 6 aromatic rings. The lowest BCUT2D eigenvalue weighted by Crippen LogP contribution is -1.83. The summed E-state index contributed by atoms with van der Waals surface area (Å²) in [6, 6.07) is 34.0. The molecule has 4 aromatic carbocycles. The van der Waals surface area contributed by atoms with Gasteiger partial charge in [-0.2, -0.15) is 10.5 Å². The number of nitrogens with zero attached hydrogens (tertiary/aromatic N) is 2. The molecule has 0 N–H and O–H groups in total. The lowest BCUT2D eigenvalue weighted by atomic mass is 10.0. The average molecular weight is 485 g/mol. The molecule has 4 heteroatoms. The highest BCUT2D eigenvalue weighted by Crippen LogP contribution is 2.39. The SMILES string of the molecule is N#Cc1ccc(C#Cc2c(-c3oc4ccccc4c3C#Cc3ccc(C#N)cc3)oc3ccccc23)cc1. The first-order chi connectivity index (χ1) is 18.7. The second-order valence-corrected chi connectivity index (χ2v) is 8.48. The Morgan fingerprint density at radius 1 is 0.421 bits per heavy atom. The number of benzene rings is 4. The molecule has 2 heterocycles. The molecule has 4 nitrogen and oxygen atoms in total. The molecule has 0 aliphatic heterocycles. The number of fused-ring (bicyclic) bond motifs is 2. The predicted octanol–water partition coefficient (Wildman–Crippen LogP) is 7.39. The van der Waals surface area contributed by atoms with Crippen molar-refractivity contribution in [3.8, 4) is 47.3 Å². The molecule has 0 aliphatic rings. The fourth-order valence-corrected chi connectivity index (χ4v) is 4.18. The zero-order chi connectivity index (χ0) is 25.9. The van der Waals surface area contributed by atoms with Crippen molar-refractivity contribution in [2.45, 2.75) is 0 Å². The van der Waals surface area contributed by atoms with Crippen LogP contribution in [0.5, 0.6) is 0 Å². The van der Waals surface area contributed by atoms with Crippen LogP contribution in [-0.4, -0.2) is 0 Å². The van der Waals surface area contributed by atoms with Crippen molar-refractivity contribution in [3.05, 3.63) is 130 Å². The molecule has 38 heavy (non-hydrogen) atoms. The predicted molar refractivity (Wildman–Crippen MR) is 146 cm³/mol. The fraction of sp³-hybridized carbons (Fsp3) is 0. The smallest absolute Gasteiger partial charge is 0.187 e. The molecule has 0 spiro atoms. The quantitative estimate of drug-likeness (QED) is 0.228. The lowest BCUT2D eigenvalue weighted by molar-refractivity contribution is 0.568. The number of nitriles is 2. The van der Waals surface area contributed by atoms with Crippen LogP contribution in [0.1, 0.15) is 33.4 Å². The molecule has 0 fully saturated rings. The van der Waals surface area contributed by atoms with Crippen LogP contribution < -0.4 is 0 Å². The summed E-state index contributed by atoms with van der Waals surface area (Å²) < 4.78 is 12.6. The van der Waals surface area contributed by atoms with E-state index in [0.29, 0.717) is 44.9 Å². The van der Waals surface area contributed by atoms with Crippen LogP contribution in [0.2, 0.25) is 0 Å². The Bertz CT molecular complexity index is 1890. The van der Waals surface area contributed by atoms with Gasteiger partial charge in [-0.25, -0.2) is 0 Å². The number of hydrogen-bond donors (Lipinski definition) is 0. The Morgan fingerprint density at radius 2 is 0.789 bits per heavy atom. The highest BCUT2D eigenvalue weighted by atomic mass is 16.4. The van der Waals surface area contributed by atoms with E-state index in [-0.39, 0.29) is 0 Å². The summed E-state index contributed by atoms with van der Waals surface area (Å²) in [7, 11) is 0. The second-order valence-electron chi connectivity index (χ2n) is 8.48. The van der Waals surface area contributed by atoms with Gasteiger partial charge >= 0.3 is 0 Å². The molecule has 0 saturated heterocycles. The number of para-hydroxylation sites is 2. The highest BCUT2D eigenvalue weighted by Gasteiger charge is 2.22. The summed E-state index contributed by atoms with van der Waals surface area (Å²) in [5, 5.41) is 19.9. The van der Waals surface area contributed by atoms with Crippen molar-refractivity contribution in [3.63, 3.8) is 0 Å². The van der Waals surface area contributed by atoms with E-state index in [4.69, 9.17) is 19.4 Å². The van der Waals surface area contributed by atoms with E-state index in [2.05, 4.69) is 35.8 Å². The topological polar surface area (TPSA) is 73.9 Å². The normalized spacial score (nSPS) is 10.2. The van der Waals surface area contributed by atoms with Gasteiger partial charge in [0.05, 0.1) is 34.4 Å². The van der Waals surface area contributed by atoms with Crippen LogP contribution in [0.15, 0.2) is 106 Å². The third-order valence-corrected chi connectivity index (χ3v) is 6.09. The maximum absolute atomic E-state index is 9.08. The number of hydrogen-bond acceptors (Lipinski definition) is 4. The van der Waals surface area contributed by atoms with Gasteiger partial charge in [-0.1, -0.05) is 47.9 Å². The molecule has 174 valence electrons. The molecule has 2 aromatic heterocycles. The van der Waals surface area contributed by atoms with Crippen LogP contribution in [-0.2, 0) is 0 Å². The van der Waals surface area contributed by atoms with Gasteiger partial charge in [0.25, 0.3) is 0 Å². The summed E-state index contributed by atoms with van der Waals surface area (Å²) in [5.74, 6) is 14.0. The molecule has 0 unspecified atom stereocenters. The standard InChI is InChI=1S/C34H16N2O2/c35-21-25-13-9-23(10-14-25)17-19-29-27-5-1-3-7-31(27)37-33(29)34-30(28-6-2-4-8-32(28)38-34)20-18-24-11-15-26(22-36)16-12-24/h1-16H. The number of furan rings is 2. The third-order valence-electron chi connectivity index (χ3n) is 6.09. The number of rotatable bonds is 1. The van der Waals surface area contributed by atoms with Gasteiger partial charge in [-0.15, -0.1) is 0 Å². The van der Waals surface area contributed by atoms with Crippen molar-refractivity contribution in [2.75, 3.05) is 0 Å². The van der Waals surface area contributed by atoms with E-state index in [1.807, 2.05) is 72.8 Å². The van der Waals surface area contributed by atoms with E-state index in [0.717, 1.165) is 21.9 Å². The molecule has 0 bridgehead atoms. The van der Waals surface area contributed by atoms with E-state index in [1.54, 1.807) is 24.3 Å². The molecule has 6 rings (SSSR count). The lowest BCUT2D eigenvalue weighted by Gasteiger charge is -1.96.